The first-order valence-electron chi connectivity index (χ1n) is 2.66. The van der Waals surface area contributed by atoms with Gasteiger partial charge in [-0.15, -0.1) is 12.4 Å². The summed E-state index contributed by atoms with van der Waals surface area (Å²) in [6.45, 7) is 1.82. The van der Waals surface area contributed by atoms with E-state index in [1.807, 2.05) is 13.0 Å². The van der Waals surface area contributed by atoms with E-state index in [-0.39, 0.29) is 12.4 Å². The standard InChI is InChI=1S/C7H6N2.ClH/c1-6-7(5-8)3-2-4-9-6;/h2-4H,1H3;1H. The second-order valence-corrected chi connectivity index (χ2v) is 1.75. The lowest BCUT2D eigenvalue weighted by molar-refractivity contribution is 1.18. The molecule has 0 fully saturated rings. The highest BCUT2D eigenvalue weighted by atomic mass is 35.5. The largest absolute Gasteiger partial charge is 0.260 e. The van der Waals surface area contributed by atoms with Gasteiger partial charge in [0.25, 0.3) is 0 Å². The molecule has 0 N–H and O–H groups in total. The van der Waals surface area contributed by atoms with Gasteiger partial charge in [0.15, 0.2) is 0 Å². The second-order valence-electron chi connectivity index (χ2n) is 1.75. The van der Waals surface area contributed by atoms with Gasteiger partial charge in [-0.1, -0.05) is 0 Å². The zero-order valence-electron chi connectivity index (χ0n) is 5.53. The molecule has 1 heterocycles. The maximum atomic E-state index is 8.43. The van der Waals surface area contributed by atoms with Crippen molar-refractivity contribution in [1.29, 1.82) is 5.26 Å². The van der Waals surface area contributed by atoms with Gasteiger partial charge in [-0.25, -0.2) is 0 Å². The summed E-state index contributed by atoms with van der Waals surface area (Å²) in [7, 11) is 0. The van der Waals surface area contributed by atoms with E-state index in [4.69, 9.17) is 5.26 Å². The number of hydrogen-bond donors (Lipinski definition) is 0. The van der Waals surface area contributed by atoms with Gasteiger partial charge in [0, 0.05) is 6.20 Å². The Balaban J connectivity index is 0.000000810. The molecule has 0 saturated heterocycles. The summed E-state index contributed by atoms with van der Waals surface area (Å²) in [5.41, 5.74) is 1.44. The van der Waals surface area contributed by atoms with Crippen LogP contribution >= 0.6 is 12.4 Å². The fourth-order valence-electron chi connectivity index (χ4n) is 0.602. The molecule has 0 aliphatic rings. The molecule has 0 aromatic carbocycles. The molecule has 0 spiro atoms. The number of pyridine rings is 1. The summed E-state index contributed by atoms with van der Waals surface area (Å²) < 4.78 is 0. The Morgan fingerprint density at radius 3 is 2.70 bits per heavy atom. The lowest BCUT2D eigenvalue weighted by Gasteiger charge is -1.89. The maximum absolute atomic E-state index is 8.43. The van der Waals surface area contributed by atoms with E-state index in [0.717, 1.165) is 5.69 Å². The molecule has 0 bridgehead atoms. The first-order chi connectivity index (χ1) is 4.34. The first kappa shape index (κ1) is 8.93. The number of rotatable bonds is 0. The third kappa shape index (κ3) is 1.71. The fourth-order valence-corrected chi connectivity index (χ4v) is 0.602. The quantitative estimate of drug-likeness (QED) is 0.570. The van der Waals surface area contributed by atoms with Crippen LogP contribution in [0.3, 0.4) is 0 Å². The molecule has 52 valence electrons. The highest BCUT2D eigenvalue weighted by Crippen LogP contribution is 1.99. The minimum absolute atomic E-state index is 0. The zero-order valence-corrected chi connectivity index (χ0v) is 6.35. The topological polar surface area (TPSA) is 36.7 Å². The monoisotopic (exact) mass is 154 g/mol. The Labute approximate surface area is 65.9 Å². The van der Waals surface area contributed by atoms with Crippen molar-refractivity contribution in [1.82, 2.24) is 4.98 Å². The van der Waals surface area contributed by atoms with Gasteiger partial charge in [-0.05, 0) is 19.1 Å². The molecule has 0 unspecified atom stereocenters. The van der Waals surface area contributed by atoms with Crippen molar-refractivity contribution >= 4 is 12.4 Å². The molecule has 0 amide bonds. The molecule has 3 heteroatoms. The minimum Gasteiger partial charge on any atom is -0.260 e. The van der Waals surface area contributed by atoms with Crippen molar-refractivity contribution < 1.29 is 0 Å². The van der Waals surface area contributed by atoms with E-state index in [1.54, 1.807) is 18.3 Å². The van der Waals surface area contributed by atoms with Gasteiger partial charge < -0.3 is 0 Å². The van der Waals surface area contributed by atoms with E-state index in [1.165, 1.54) is 0 Å². The van der Waals surface area contributed by atoms with E-state index in [0.29, 0.717) is 5.56 Å². The van der Waals surface area contributed by atoms with E-state index in [2.05, 4.69) is 4.98 Å². The van der Waals surface area contributed by atoms with Crippen molar-refractivity contribution in [2.45, 2.75) is 6.92 Å². The predicted octanol–water partition coefficient (Wildman–Crippen LogP) is 1.68. The van der Waals surface area contributed by atoms with Crippen LogP contribution in [0, 0.1) is 18.3 Å². The summed E-state index contributed by atoms with van der Waals surface area (Å²) in [5, 5.41) is 8.43. The van der Waals surface area contributed by atoms with Crippen molar-refractivity contribution in [2.24, 2.45) is 0 Å². The van der Waals surface area contributed by atoms with Crippen molar-refractivity contribution in [3.8, 4) is 6.07 Å². The third-order valence-corrected chi connectivity index (χ3v) is 1.13. The number of aromatic nitrogens is 1. The normalized spacial score (nSPS) is 7.60. The number of nitriles is 1. The Kier molecular flexibility index (Phi) is 3.45. The Hall–Kier alpha value is -1.07. The second kappa shape index (κ2) is 3.86. The SMILES string of the molecule is Cc1ncccc1C#N.Cl. The van der Waals surface area contributed by atoms with E-state index >= 15 is 0 Å². The van der Waals surface area contributed by atoms with Gasteiger partial charge in [-0.3, -0.25) is 4.98 Å². The number of nitrogens with zero attached hydrogens (tertiary/aromatic N) is 2. The molecular formula is C7H7ClN2. The van der Waals surface area contributed by atoms with Gasteiger partial charge in [0.2, 0.25) is 0 Å². The zero-order chi connectivity index (χ0) is 6.69. The molecule has 0 saturated carbocycles. The van der Waals surface area contributed by atoms with Crippen LogP contribution in [0.15, 0.2) is 18.3 Å². The third-order valence-electron chi connectivity index (χ3n) is 1.13. The molecule has 2 nitrogen and oxygen atoms in total. The lowest BCUT2D eigenvalue weighted by Crippen LogP contribution is -1.83. The smallest absolute Gasteiger partial charge is 0.101 e. The van der Waals surface area contributed by atoms with Crippen molar-refractivity contribution in [3.05, 3.63) is 29.6 Å². The van der Waals surface area contributed by atoms with Crippen LogP contribution < -0.4 is 0 Å². The van der Waals surface area contributed by atoms with Crippen LogP contribution in [-0.4, -0.2) is 4.98 Å². The van der Waals surface area contributed by atoms with Gasteiger partial charge in [0.05, 0.1) is 11.3 Å². The average Bonchev–Trinajstić information content (AvgIpc) is 1.89. The number of hydrogen-bond acceptors (Lipinski definition) is 2. The lowest BCUT2D eigenvalue weighted by atomic mass is 10.2. The fraction of sp³-hybridized carbons (Fsp3) is 0.143. The summed E-state index contributed by atoms with van der Waals surface area (Å²) in [6, 6.07) is 5.54. The summed E-state index contributed by atoms with van der Waals surface area (Å²) in [4.78, 5) is 3.93. The Morgan fingerprint density at radius 2 is 2.30 bits per heavy atom. The van der Waals surface area contributed by atoms with Crippen LogP contribution in [0.1, 0.15) is 11.3 Å². The summed E-state index contributed by atoms with van der Waals surface area (Å²) in [5.74, 6) is 0. The molecule has 1 aromatic rings. The van der Waals surface area contributed by atoms with Gasteiger partial charge in [0.1, 0.15) is 6.07 Å². The molecule has 1 aromatic heterocycles. The predicted molar refractivity (Wildman–Crippen MR) is 40.9 cm³/mol. The van der Waals surface area contributed by atoms with Crippen LogP contribution in [0.5, 0.6) is 0 Å². The molecular weight excluding hydrogens is 148 g/mol. The maximum Gasteiger partial charge on any atom is 0.101 e. The molecule has 0 aliphatic carbocycles. The molecule has 0 radical (unpaired) electrons. The van der Waals surface area contributed by atoms with Crippen LogP contribution in [-0.2, 0) is 0 Å². The van der Waals surface area contributed by atoms with Crippen molar-refractivity contribution in [2.75, 3.05) is 0 Å². The van der Waals surface area contributed by atoms with Crippen LogP contribution in [0.4, 0.5) is 0 Å². The highest BCUT2D eigenvalue weighted by molar-refractivity contribution is 5.85. The average molecular weight is 155 g/mol. The number of halogens is 1. The van der Waals surface area contributed by atoms with Crippen LogP contribution in [0.25, 0.3) is 0 Å². The van der Waals surface area contributed by atoms with Crippen molar-refractivity contribution in [3.63, 3.8) is 0 Å². The first-order valence-corrected chi connectivity index (χ1v) is 2.66. The number of aryl methyl sites for hydroxylation is 1. The minimum atomic E-state index is 0. The summed E-state index contributed by atoms with van der Waals surface area (Å²) >= 11 is 0. The van der Waals surface area contributed by atoms with Crippen LogP contribution in [0.2, 0.25) is 0 Å². The van der Waals surface area contributed by atoms with Gasteiger partial charge in [-0.2, -0.15) is 5.26 Å². The molecule has 1 rings (SSSR count). The Bertz CT molecular complexity index is 252. The summed E-state index contributed by atoms with van der Waals surface area (Å²) in [6.07, 6.45) is 1.68. The Morgan fingerprint density at radius 1 is 1.60 bits per heavy atom. The van der Waals surface area contributed by atoms with E-state index in [9.17, 15) is 0 Å². The van der Waals surface area contributed by atoms with E-state index < -0.39 is 0 Å². The molecule has 0 aliphatic heterocycles. The van der Waals surface area contributed by atoms with Gasteiger partial charge >= 0.3 is 0 Å². The highest BCUT2D eigenvalue weighted by Gasteiger charge is 1.91. The molecule has 10 heavy (non-hydrogen) atoms. The molecule has 0 atom stereocenters.